The van der Waals surface area contributed by atoms with Gasteiger partial charge >= 0.3 is 17.3 Å². The van der Waals surface area contributed by atoms with E-state index in [0.29, 0.717) is 22.9 Å². The Morgan fingerprint density at radius 3 is 2.45 bits per heavy atom. The van der Waals surface area contributed by atoms with Gasteiger partial charge in [-0.3, -0.25) is 9.36 Å². The van der Waals surface area contributed by atoms with Gasteiger partial charge < -0.3 is 15.2 Å². The molecule has 0 radical (unpaired) electrons. The van der Waals surface area contributed by atoms with Crippen LogP contribution in [0.4, 0.5) is 16.0 Å². The first kappa shape index (κ1) is 25.2. The highest BCUT2D eigenvalue weighted by Gasteiger charge is 2.43. The SMILES string of the molecule is O=C(O)[C@H]1C[C@@H]1Cn1c(=O)nc(Nc2ccc(Oc3ccc(F)cn3)cc2)n(Cc2ccc(Cl)cc2)c1=O. The molecule has 10 nitrogen and oxygen atoms in total. The lowest BCUT2D eigenvalue weighted by atomic mass is 10.2. The summed E-state index contributed by atoms with van der Waals surface area (Å²) in [6.45, 7) is 0.0715. The van der Waals surface area contributed by atoms with Gasteiger partial charge in [-0.25, -0.2) is 23.5 Å². The number of carboxylic acid groups (broad SMARTS) is 1. The lowest BCUT2D eigenvalue weighted by Gasteiger charge is -2.16. The third-order valence-corrected chi connectivity index (χ3v) is 6.35. The van der Waals surface area contributed by atoms with Crippen LogP contribution in [-0.2, 0) is 17.9 Å². The van der Waals surface area contributed by atoms with Crippen molar-refractivity contribution >= 4 is 29.2 Å². The van der Waals surface area contributed by atoms with Gasteiger partial charge in [0.25, 0.3) is 0 Å². The Morgan fingerprint density at radius 1 is 1.08 bits per heavy atom. The molecule has 4 aromatic rings. The van der Waals surface area contributed by atoms with Crippen LogP contribution in [0.2, 0.25) is 5.02 Å². The van der Waals surface area contributed by atoms with Gasteiger partial charge in [0.15, 0.2) is 0 Å². The highest BCUT2D eigenvalue weighted by Crippen LogP contribution is 2.39. The maximum Gasteiger partial charge on any atom is 0.354 e. The third kappa shape index (κ3) is 5.73. The predicted octanol–water partition coefficient (Wildman–Crippen LogP) is 3.90. The van der Waals surface area contributed by atoms with Crippen molar-refractivity contribution in [1.82, 2.24) is 19.1 Å². The molecule has 0 unspecified atom stereocenters. The zero-order valence-corrected chi connectivity index (χ0v) is 20.5. The summed E-state index contributed by atoms with van der Waals surface area (Å²) in [6, 6.07) is 16.1. The fourth-order valence-electron chi connectivity index (χ4n) is 3.96. The van der Waals surface area contributed by atoms with Crippen LogP contribution in [-0.4, -0.2) is 30.2 Å². The molecule has 0 saturated heterocycles. The molecule has 1 aliphatic rings. The quantitative estimate of drug-likeness (QED) is 0.329. The lowest BCUT2D eigenvalue weighted by molar-refractivity contribution is -0.138. The molecule has 2 atom stereocenters. The average molecular weight is 538 g/mol. The molecule has 2 aromatic heterocycles. The Balaban J connectivity index is 1.42. The largest absolute Gasteiger partial charge is 0.481 e. The minimum atomic E-state index is -0.946. The number of aliphatic carboxylic acids is 1. The van der Waals surface area contributed by atoms with E-state index >= 15 is 0 Å². The Kier molecular flexibility index (Phi) is 6.93. The second-order valence-corrected chi connectivity index (χ2v) is 9.27. The van der Waals surface area contributed by atoms with Crippen molar-refractivity contribution in [3.05, 3.63) is 104 Å². The predicted molar refractivity (Wildman–Crippen MR) is 137 cm³/mol. The van der Waals surface area contributed by atoms with Crippen LogP contribution >= 0.6 is 11.6 Å². The summed E-state index contributed by atoms with van der Waals surface area (Å²) >= 11 is 5.99. The first-order valence-electron chi connectivity index (χ1n) is 11.6. The number of benzene rings is 2. The monoisotopic (exact) mass is 537 g/mol. The molecular formula is C26H21ClFN5O5. The van der Waals surface area contributed by atoms with Gasteiger partial charge in [0.05, 0.1) is 18.7 Å². The smallest absolute Gasteiger partial charge is 0.354 e. The number of hydrogen-bond donors (Lipinski definition) is 2. The Hall–Kier alpha value is -4.51. The van der Waals surface area contributed by atoms with Gasteiger partial charge in [0.1, 0.15) is 11.6 Å². The summed E-state index contributed by atoms with van der Waals surface area (Å²) in [5.74, 6) is -1.62. The molecule has 0 bridgehead atoms. The van der Waals surface area contributed by atoms with E-state index < -0.39 is 29.1 Å². The van der Waals surface area contributed by atoms with Crippen molar-refractivity contribution in [2.75, 3.05) is 5.32 Å². The molecule has 194 valence electrons. The van der Waals surface area contributed by atoms with Gasteiger partial charge in [0, 0.05) is 23.3 Å². The van der Waals surface area contributed by atoms with E-state index in [0.717, 1.165) is 16.3 Å². The molecule has 1 fully saturated rings. The summed E-state index contributed by atoms with van der Waals surface area (Å²) in [5, 5.41) is 12.7. The highest BCUT2D eigenvalue weighted by molar-refractivity contribution is 6.30. The molecule has 2 N–H and O–H groups in total. The number of hydrogen-bond acceptors (Lipinski definition) is 7. The zero-order chi connectivity index (χ0) is 26.8. The number of ether oxygens (including phenoxy) is 1. The van der Waals surface area contributed by atoms with E-state index in [1.807, 2.05) is 0 Å². The van der Waals surface area contributed by atoms with Crippen molar-refractivity contribution in [2.24, 2.45) is 11.8 Å². The van der Waals surface area contributed by atoms with Gasteiger partial charge in [-0.05, 0) is 60.4 Å². The second kappa shape index (κ2) is 10.5. The number of pyridine rings is 1. The minimum Gasteiger partial charge on any atom is -0.481 e. The molecule has 0 spiro atoms. The molecule has 2 heterocycles. The van der Waals surface area contributed by atoms with Crippen LogP contribution in [0.5, 0.6) is 11.6 Å². The summed E-state index contributed by atoms with van der Waals surface area (Å²) in [5.41, 5.74) is -0.118. The first-order valence-corrected chi connectivity index (χ1v) is 12.0. The molecule has 5 rings (SSSR count). The summed E-state index contributed by atoms with van der Waals surface area (Å²) in [7, 11) is 0. The van der Waals surface area contributed by atoms with Gasteiger partial charge in [-0.2, -0.15) is 4.98 Å². The van der Waals surface area contributed by atoms with Gasteiger partial charge in [-0.1, -0.05) is 23.7 Å². The van der Waals surface area contributed by atoms with Gasteiger partial charge in [-0.15, -0.1) is 0 Å². The number of carboxylic acids is 1. The van der Waals surface area contributed by atoms with Crippen molar-refractivity contribution in [2.45, 2.75) is 19.5 Å². The van der Waals surface area contributed by atoms with Crippen LogP contribution in [0.15, 0.2) is 76.4 Å². The Bertz CT molecular complexity index is 1590. The van der Waals surface area contributed by atoms with Crippen LogP contribution < -0.4 is 21.4 Å². The minimum absolute atomic E-state index is 0.0191. The summed E-state index contributed by atoms with van der Waals surface area (Å²) in [6.07, 6.45) is 1.45. The van der Waals surface area contributed by atoms with Crippen LogP contribution in [0.25, 0.3) is 0 Å². The molecule has 0 amide bonds. The standard InChI is InChI=1S/C26H21ClFN5O5/c27-17-3-1-15(2-4-17)13-32-24(31-25(36)33(26(32)37)14-16-11-21(16)23(34)35)30-19-6-8-20(9-7-19)38-22-10-5-18(28)12-29-22/h1-10,12,16,21H,11,13-14H2,(H,34,35)(H,30,31,36)/t16-,21+/m1/s1. The van der Waals surface area contributed by atoms with E-state index in [2.05, 4.69) is 15.3 Å². The van der Waals surface area contributed by atoms with E-state index in [9.17, 15) is 23.9 Å². The summed E-state index contributed by atoms with van der Waals surface area (Å²) in [4.78, 5) is 45.4. The Labute approximate surface area is 219 Å². The number of nitrogens with zero attached hydrogens (tertiary/aromatic N) is 4. The van der Waals surface area contributed by atoms with Crippen LogP contribution in [0.1, 0.15) is 12.0 Å². The fourth-order valence-corrected chi connectivity index (χ4v) is 4.09. The van der Waals surface area contributed by atoms with Gasteiger partial charge in [0.2, 0.25) is 11.8 Å². The number of nitrogens with one attached hydrogen (secondary N) is 1. The molecule has 0 aliphatic heterocycles. The van der Waals surface area contributed by atoms with Crippen molar-refractivity contribution in [3.63, 3.8) is 0 Å². The molecular weight excluding hydrogens is 517 g/mol. The summed E-state index contributed by atoms with van der Waals surface area (Å²) < 4.78 is 20.9. The van der Waals surface area contributed by atoms with Crippen molar-refractivity contribution in [1.29, 1.82) is 0 Å². The molecule has 2 aromatic carbocycles. The maximum absolute atomic E-state index is 13.4. The molecule has 12 heteroatoms. The van der Waals surface area contributed by atoms with E-state index in [1.165, 1.54) is 16.7 Å². The third-order valence-electron chi connectivity index (χ3n) is 6.09. The Morgan fingerprint density at radius 2 is 1.82 bits per heavy atom. The van der Waals surface area contributed by atoms with Crippen molar-refractivity contribution < 1.29 is 19.0 Å². The number of aromatic nitrogens is 4. The lowest BCUT2D eigenvalue weighted by Crippen LogP contribution is -2.43. The number of rotatable bonds is 9. The maximum atomic E-state index is 13.4. The zero-order valence-electron chi connectivity index (χ0n) is 19.8. The highest BCUT2D eigenvalue weighted by atomic mass is 35.5. The average Bonchev–Trinajstić information content (AvgIpc) is 3.68. The number of anilines is 2. The van der Waals surface area contributed by atoms with E-state index in [4.69, 9.17) is 16.3 Å². The topological polar surface area (TPSA) is 128 Å². The van der Waals surface area contributed by atoms with E-state index in [-0.39, 0.29) is 30.8 Å². The molecule has 38 heavy (non-hydrogen) atoms. The normalized spacial score (nSPS) is 16.2. The fraction of sp³-hybridized carbons (Fsp3) is 0.192. The molecule has 1 aliphatic carbocycles. The first-order chi connectivity index (χ1) is 18.3. The van der Waals surface area contributed by atoms with E-state index in [1.54, 1.807) is 48.5 Å². The number of carbonyl (C=O) groups is 1. The van der Waals surface area contributed by atoms with Crippen LogP contribution in [0.3, 0.4) is 0 Å². The van der Waals surface area contributed by atoms with Crippen LogP contribution in [0, 0.1) is 17.7 Å². The molecule has 1 saturated carbocycles. The second-order valence-electron chi connectivity index (χ2n) is 8.83. The van der Waals surface area contributed by atoms with Crippen molar-refractivity contribution in [3.8, 4) is 11.6 Å². The number of halogens is 2.